The smallest absolute Gasteiger partial charge is 0.303 e. The molecule has 0 radical (unpaired) electrons. The van der Waals surface area contributed by atoms with Crippen molar-refractivity contribution in [2.24, 2.45) is 17.3 Å². The quantitative estimate of drug-likeness (QED) is 0.754. The van der Waals surface area contributed by atoms with Crippen molar-refractivity contribution in [2.45, 2.75) is 64.7 Å². The summed E-state index contributed by atoms with van der Waals surface area (Å²) in [6, 6.07) is 0. The summed E-state index contributed by atoms with van der Waals surface area (Å²) in [7, 11) is 0. The Bertz CT molecular complexity index is 357. The highest BCUT2D eigenvalue weighted by molar-refractivity contribution is 5.78. The predicted molar refractivity (Wildman–Crippen MR) is 77.3 cm³/mol. The number of hydrogen-bond acceptors (Lipinski definition) is 2. The zero-order valence-electron chi connectivity index (χ0n) is 12.5. The van der Waals surface area contributed by atoms with Crippen LogP contribution in [-0.4, -0.2) is 23.5 Å². The lowest BCUT2D eigenvalue weighted by Gasteiger charge is -2.35. The van der Waals surface area contributed by atoms with Crippen LogP contribution in [0.2, 0.25) is 0 Å². The Balaban J connectivity index is 1.82. The van der Waals surface area contributed by atoms with Gasteiger partial charge in [0.1, 0.15) is 0 Å². The number of carboxylic acids is 1. The summed E-state index contributed by atoms with van der Waals surface area (Å²) in [4.78, 5) is 23.2. The number of amides is 1. The van der Waals surface area contributed by atoms with Crippen LogP contribution in [0.4, 0.5) is 0 Å². The van der Waals surface area contributed by atoms with Gasteiger partial charge in [0.15, 0.2) is 0 Å². The minimum atomic E-state index is -0.772. The second-order valence-corrected chi connectivity index (χ2v) is 6.93. The van der Waals surface area contributed by atoms with Gasteiger partial charge in [-0.25, -0.2) is 0 Å². The SMILES string of the molecule is CC(CNC(=O)CC1(CC(=O)O)CCCCC1)C1CC1. The van der Waals surface area contributed by atoms with E-state index in [2.05, 4.69) is 12.2 Å². The third-order valence-corrected chi connectivity index (χ3v) is 5.02. The Morgan fingerprint density at radius 2 is 1.85 bits per heavy atom. The molecule has 2 fully saturated rings. The standard InChI is InChI=1S/C16H27NO3/c1-12(13-5-6-13)11-17-14(18)9-16(10-15(19)20)7-3-2-4-8-16/h12-13H,2-11H2,1H3,(H,17,18)(H,19,20). The second kappa shape index (κ2) is 6.59. The monoisotopic (exact) mass is 281 g/mol. The molecular weight excluding hydrogens is 254 g/mol. The van der Waals surface area contributed by atoms with Crippen molar-refractivity contribution in [1.29, 1.82) is 0 Å². The number of hydrogen-bond donors (Lipinski definition) is 2. The summed E-state index contributed by atoms with van der Waals surface area (Å²) in [5.41, 5.74) is -0.295. The molecule has 2 aliphatic carbocycles. The van der Waals surface area contributed by atoms with Crippen molar-refractivity contribution in [3.63, 3.8) is 0 Å². The number of rotatable bonds is 7. The lowest BCUT2D eigenvalue weighted by atomic mass is 9.69. The first-order chi connectivity index (χ1) is 9.51. The van der Waals surface area contributed by atoms with Crippen molar-refractivity contribution >= 4 is 11.9 Å². The van der Waals surface area contributed by atoms with Gasteiger partial charge < -0.3 is 10.4 Å². The van der Waals surface area contributed by atoms with Gasteiger partial charge >= 0.3 is 5.97 Å². The molecule has 0 spiro atoms. The van der Waals surface area contributed by atoms with E-state index in [4.69, 9.17) is 5.11 Å². The summed E-state index contributed by atoms with van der Waals surface area (Å²) in [6.45, 7) is 2.93. The molecule has 2 aliphatic rings. The van der Waals surface area contributed by atoms with Crippen LogP contribution >= 0.6 is 0 Å². The minimum Gasteiger partial charge on any atom is -0.481 e. The zero-order valence-corrected chi connectivity index (χ0v) is 12.5. The molecule has 0 aromatic carbocycles. The van der Waals surface area contributed by atoms with Crippen LogP contribution < -0.4 is 5.32 Å². The number of carbonyl (C=O) groups is 2. The average Bonchev–Trinajstić information content (AvgIpc) is 3.20. The Labute approximate surface area is 121 Å². The first-order valence-electron chi connectivity index (χ1n) is 7.99. The molecule has 0 bridgehead atoms. The molecule has 20 heavy (non-hydrogen) atoms. The van der Waals surface area contributed by atoms with E-state index < -0.39 is 5.97 Å². The highest BCUT2D eigenvalue weighted by Gasteiger charge is 2.36. The highest BCUT2D eigenvalue weighted by Crippen LogP contribution is 2.42. The van der Waals surface area contributed by atoms with E-state index in [1.54, 1.807) is 0 Å². The molecule has 0 heterocycles. The maximum atomic E-state index is 12.1. The van der Waals surface area contributed by atoms with Crippen molar-refractivity contribution in [3.05, 3.63) is 0 Å². The van der Waals surface area contributed by atoms with Crippen molar-refractivity contribution < 1.29 is 14.7 Å². The van der Waals surface area contributed by atoms with E-state index in [0.717, 1.165) is 38.1 Å². The van der Waals surface area contributed by atoms with E-state index in [1.165, 1.54) is 19.3 Å². The van der Waals surface area contributed by atoms with Crippen LogP contribution in [0.1, 0.15) is 64.7 Å². The molecule has 0 saturated heterocycles. The van der Waals surface area contributed by atoms with Crippen LogP contribution in [-0.2, 0) is 9.59 Å². The van der Waals surface area contributed by atoms with Crippen molar-refractivity contribution in [1.82, 2.24) is 5.32 Å². The van der Waals surface area contributed by atoms with E-state index >= 15 is 0 Å². The maximum Gasteiger partial charge on any atom is 0.303 e. The number of carbonyl (C=O) groups excluding carboxylic acids is 1. The zero-order chi connectivity index (χ0) is 14.6. The summed E-state index contributed by atoms with van der Waals surface area (Å²) in [6.07, 6.45) is 8.14. The van der Waals surface area contributed by atoms with Gasteiger partial charge in [-0.3, -0.25) is 9.59 Å². The summed E-state index contributed by atoms with van der Waals surface area (Å²) < 4.78 is 0. The molecular formula is C16H27NO3. The second-order valence-electron chi connectivity index (χ2n) is 6.93. The summed E-state index contributed by atoms with van der Waals surface area (Å²) in [5, 5.41) is 12.1. The molecule has 2 saturated carbocycles. The summed E-state index contributed by atoms with van der Waals surface area (Å²) >= 11 is 0. The van der Waals surface area contributed by atoms with E-state index in [-0.39, 0.29) is 17.7 Å². The molecule has 0 aromatic heterocycles. The topological polar surface area (TPSA) is 66.4 Å². The van der Waals surface area contributed by atoms with Gasteiger partial charge in [0.25, 0.3) is 0 Å². The van der Waals surface area contributed by atoms with E-state index in [9.17, 15) is 9.59 Å². The molecule has 2 N–H and O–H groups in total. The Morgan fingerprint density at radius 1 is 1.20 bits per heavy atom. The van der Waals surface area contributed by atoms with Crippen molar-refractivity contribution in [3.8, 4) is 0 Å². The van der Waals surface area contributed by atoms with Gasteiger partial charge in [-0.2, -0.15) is 0 Å². The number of nitrogens with one attached hydrogen (secondary N) is 1. The Morgan fingerprint density at radius 3 is 2.40 bits per heavy atom. The molecule has 4 nitrogen and oxygen atoms in total. The molecule has 4 heteroatoms. The Hall–Kier alpha value is -1.06. The predicted octanol–water partition coefficient (Wildman–Crippen LogP) is 2.96. The number of carboxylic acid groups (broad SMARTS) is 1. The molecule has 114 valence electrons. The van der Waals surface area contributed by atoms with E-state index in [0.29, 0.717) is 12.3 Å². The van der Waals surface area contributed by atoms with Gasteiger partial charge in [0.05, 0.1) is 6.42 Å². The summed E-state index contributed by atoms with van der Waals surface area (Å²) in [5.74, 6) is 0.616. The molecule has 1 unspecified atom stereocenters. The minimum absolute atomic E-state index is 0.0423. The van der Waals surface area contributed by atoms with Gasteiger partial charge in [0.2, 0.25) is 5.91 Å². The molecule has 0 aliphatic heterocycles. The lowest BCUT2D eigenvalue weighted by molar-refractivity contribution is -0.141. The first-order valence-corrected chi connectivity index (χ1v) is 7.99. The largest absolute Gasteiger partial charge is 0.481 e. The fourth-order valence-electron chi connectivity index (χ4n) is 3.55. The van der Waals surface area contributed by atoms with Crippen LogP contribution in [0.15, 0.2) is 0 Å². The van der Waals surface area contributed by atoms with E-state index in [1.807, 2.05) is 0 Å². The highest BCUT2D eigenvalue weighted by atomic mass is 16.4. The molecule has 0 aromatic rings. The maximum absolute atomic E-state index is 12.1. The van der Waals surface area contributed by atoms with Gasteiger partial charge in [-0.05, 0) is 42.9 Å². The van der Waals surface area contributed by atoms with Gasteiger partial charge in [-0.15, -0.1) is 0 Å². The lowest BCUT2D eigenvalue weighted by Crippen LogP contribution is -2.36. The van der Waals surface area contributed by atoms with Gasteiger partial charge in [0, 0.05) is 13.0 Å². The van der Waals surface area contributed by atoms with Crippen molar-refractivity contribution in [2.75, 3.05) is 6.54 Å². The number of aliphatic carboxylic acids is 1. The Kier molecular flexibility index (Phi) is 5.06. The fraction of sp³-hybridized carbons (Fsp3) is 0.875. The molecule has 1 atom stereocenters. The normalized spacial score (nSPS) is 23.1. The molecule has 1 amide bonds. The van der Waals surface area contributed by atoms with Crippen LogP contribution in [0.3, 0.4) is 0 Å². The third-order valence-electron chi connectivity index (χ3n) is 5.02. The first kappa shape index (κ1) is 15.3. The van der Waals surface area contributed by atoms with Crippen LogP contribution in [0, 0.1) is 17.3 Å². The average molecular weight is 281 g/mol. The fourth-order valence-corrected chi connectivity index (χ4v) is 3.55. The molecule has 2 rings (SSSR count). The van der Waals surface area contributed by atoms with Crippen LogP contribution in [0.25, 0.3) is 0 Å². The third kappa shape index (κ3) is 4.50. The van der Waals surface area contributed by atoms with Crippen LogP contribution in [0.5, 0.6) is 0 Å². The van der Waals surface area contributed by atoms with Gasteiger partial charge in [-0.1, -0.05) is 26.2 Å².